The summed E-state index contributed by atoms with van der Waals surface area (Å²) in [6.45, 7) is 4.57. The first-order chi connectivity index (χ1) is 11.1. The second-order valence-electron chi connectivity index (χ2n) is 5.32. The Morgan fingerprint density at radius 3 is 2.57 bits per heavy atom. The number of nitrogens with zero attached hydrogens (tertiary/aromatic N) is 4. The highest BCUT2D eigenvalue weighted by atomic mass is 16.5. The molecule has 0 radical (unpaired) electrons. The number of benzene rings is 1. The van der Waals surface area contributed by atoms with Crippen molar-refractivity contribution in [2.75, 3.05) is 0 Å². The summed E-state index contributed by atoms with van der Waals surface area (Å²) in [5.74, 6) is 1.71. The van der Waals surface area contributed by atoms with Gasteiger partial charge in [0.25, 0.3) is 5.89 Å². The van der Waals surface area contributed by atoms with Gasteiger partial charge in [0, 0.05) is 19.2 Å². The number of aryl methyl sites for hydroxylation is 2. The molecular formula is C16H19N5O2. The van der Waals surface area contributed by atoms with Gasteiger partial charge in [-0.25, -0.2) is 0 Å². The van der Waals surface area contributed by atoms with E-state index in [2.05, 4.69) is 15.2 Å². The Labute approximate surface area is 134 Å². The van der Waals surface area contributed by atoms with E-state index in [0.29, 0.717) is 18.3 Å². The van der Waals surface area contributed by atoms with Crippen molar-refractivity contribution in [3.05, 3.63) is 47.1 Å². The normalized spacial score (nSPS) is 11.0. The Kier molecular flexibility index (Phi) is 4.12. The van der Waals surface area contributed by atoms with Crippen LogP contribution in [-0.4, -0.2) is 19.9 Å². The molecule has 3 rings (SSSR count). The van der Waals surface area contributed by atoms with Crippen molar-refractivity contribution in [1.82, 2.24) is 19.9 Å². The predicted octanol–water partition coefficient (Wildman–Crippen LogP) is 2.12. The lowest BCUT2D eigenvalue weighted by atomic mass is 10.1. The fraction of sp³-hybridized carbons (Fsp3) is 0.312. The molecule has 7 heteroatoms. The minimum atomic E-state index is 0.210. The monoisotopic (exact) mass is 313 g/mol. The summed E-state index contributed by atoms with van der Waals surface area (Å²) in [5.41, 5.74) is 9.32. The first kappa shape index (κ1) is 15.2. The van der Waals surface area contributed by atoms with E-state index in [9.17, 15) is 0 Å². The summed E-state index contributed by atoms with van der Waals surface area (Å²) in [6, 6.07) is 7.74. The van der Waals surface area contributed by atoms with Crippen LogP contribution in [0.4, 0.5) is 0 Å². The molecule has 2 N–H and O–H groups in total. The zero-order valence-electron chi connectivity index (χ0n) is 13.4. The van der Waals surface area contributed by atoms with Crippen LogP contribution < -0.4 is 10.5 Å². The molecule has 0 bridgehead atoms. The highest BCUT2D eigenvalue weighted by Crippen LogP contribution is 2.23. The van der Waals surface area contributed by atoms with Crippen molar-refractivity contribution in [3.8, 4) is 17.1 Å². The van der Waals surface area contributed by atoms with Gasteiger partial charge in [-0.15, -0.1) is 0 Å². The topological polar surface area (TPSA) is 92.0 Å². The number of hydrogen-bond donors (Lipinski definition) is 1. The molecule has 0 fully saturated rings. The van der Waals surface area contributed by atoms with Gasteiger partial charge in [0.05, 0.1) is 5.69 Å². The standard InChI is InChI=1S/C16H19N5O2/c1-10-15(11(2)21(3)19-10)22-9-14-18-16(20-23-14)13-6-4-12(8-17)5-7-13/h4-7H,8-9,17H2,1-3H3. The number of rotatable bonds is 5. The molecule has 2 heterocycles. The second-order valence-corrected chi connectivity index (χ2v) is 5.32. The summed E-state index contributed by atoms with van der Waals surface area (Å²) in [6.07, 6.45) is 0. The minimum Gasteiger partial charge on any atom is -0.480 e. The zero-order chi connectivity index (χ0) is 16.4. The highest BCUT2D eigenvalue weighted by molar-refractivity contribution is 5.54. The minimum absolute atomic E-state index is 0.210. The van der Waals surface area contributed by atoms with Crippen LogP contribution in [0.1, 0.15) is 22.8 Å². The van der Waals surface area contributed by atoms with Crippen molar-refractivity contribution < 1.29 is 9.26 Å². The molecular weight excluding hydrogens is 294 g/mol. The van der Waals surface area contributed by atoms with E-state index in [1.807, 2.05) is 45.2 Å². The molecule has 0 aliphatic carbocycles. The van der Waals surface area contributed by atoms with Gasteiger partial charge in [0.1, 0.15) is 5.69 Å². The maximum atomic E-state index is 5.76. The largest absolute Gasteiger partial charge is 0.480 e. The lowest BCUT2D eigenvalue weighted by molar-refractivity contribution is 0.240. The smallest absolute Gasteiger partial charge is 0.264 e. The molecule has 0 saturated heterocycles. The molecule has 7 nitrogen and oxygen atoms in total. The SMILES string of the molecule is Cc1nn(C)c(C)c1OCc1nc(-c2ccc(CN)cc2)no1. The quantitative estimate of drug-likeness (QED) is 0.775. The van der Waals surface area contributed by atoms with Crippen molar-refractivity contribution in [1.29, 1.82) is 0 Å². The van der Waals surface area contributed by atoms with Crippen molar-refractivity contribution in [2.24, 2.45) is 12.8 Å². The van der Waals surface area contributed by atoms with Crippen LogP contribution in [0.5, 0.6) is 5.75 Å². The van der Waals surface area contributed by atoms with Gasteiger partial charge in [0.2, 0.25) is 5.82 Å². The van der Waals surface area contributed by atoms with Gasteiger partial charge in [0.15, 0.2) is 12.4 Å². The van der Waals surface area contributed by atoms with Crippen LogP contribution in [-0.2, 0) is 20.2 Å². The summed E-state index contributed by atoms with van der Waals surface area (Å²) in [7, 11) is 1.88. The third-order valence-corrected chi connectivity index (χ3v) is 3.70. The van der Waals surface area contributed by atoms with Crippen LogP contribution >= 0.6 is 0 Å². The van der Waals surface area contributed by atoms with Crippen LogP contribution in [0.15, 0.2) is 28.8 Å². The molecule has 0 unspecified atom stereocenters. The molecule has 0 saturated carbocycles. The lowest BCUT2D eigenvalue weighted by Crippen LogP contribution is -1.98. The van der Waals surface area contributed by atoms with Crippen molar-refractivity contribution in [3.63, 3.8) is 0 Å². The van der Waals surface area contributed by atoms with E-state index in [1.54, 1.807) is 4.68 Å². The Morgan fingerprint density at radius 1 is 1.22 bits per heavy atom. The van der Waals surface area contributed by atoms with E-state index in [4.69, 9.17) is 15.0 Å². The Balaban J connectivity index is 1.71. The molecule has 0 amide bonds. The van der Waals surface area contributed by atoms with Gasteiger partial charge in [-0.3, -0.25) is 4.68 Å². The fourth-order valence-corrected chi connectivity index (χ4v) is 2.32. The van der Waals surface area contributed by atoms with Crippen molar-refractivity contribution in [2.45, 2.75) is 27.0 Å². The van der Waals surface area contributed by atoms with Crippen molar-refractivity contribution >= 4 is 0 Å². The molecule has 0 spiro atoms. The van der Waals surface area contributed by atoms with Gasteiger partial charge >= 0.3 is 0 Å². The molecule has 0 atom stereocenters. The first-order valence-corrected chi connectivity index (χ1v) is 7.33. The Morgan fingerprint density at radius 2 is 1.96 bits per heavy atom. The van der Waals surface area contributed by atoms with E-state index >= 15 is 0 Å². The van der Waals surface area contributed by atoms with Crippen LogP contribution in [0.3, 0.4) is 0 Å². The maximum Gasteiger partial charge on any atom is 0.264 e. The lowest BCUT2D eigenvalue weighted by Gasteiger charge is -2.02. The molecule has 1 aromatic carbocycles. The zero-order valence-corrected chi connectivity index (χ0v) is 13.4. The number of nitrogens with two attached hydrogens (primary N) is 1. The van der Waals surface area contributed by atoms with Gasteiger partial charge in [-0.05, 0) is 19.4 Å². The summed E-state index contributed by atoms with van der Waals surface area (Å²) >= 11 is 0. The van der Waals surface area contributed by atoms with E-state index in [0.717, 1.165) is 28.3 Å². The molecule has 0 aliphatic heterocycles. The number of hydrogen-bond acceptors (Lipinski definition) is 6. The molecule has 23 heavy (non-hydrogen) atoms. The molecule has 120 valence electrons. The van der Waals surface area contributed by atoms with E-state index in [-0.39, 0.29) is 6.61 Å². The summed E-state index contributed by atoms with van der Waals surface area (Å²) in [5, 5.41) is 8.29. The van der Waals surface area contributed by atoms with Gasteiger partial charge in [-0.1, -0.05) is 29.4 Å². The van der Waals surface area contributed by atoms with Crippen LogP contribution in [0, 0.1) is 13.8 Å². The average Bonchev–Trinajstić information content (AvgIpc) is 3.12. The fourth-order valence-electron chi connectivity index (χ4n) is 2.32. The average molecular weight is 313 g/mol. The van der Waals surface area contributed by atoms with Crippen LogP contribution in [0.2, 0.25) is 0 Å². The van der Waals surface area contributed by atoms with Crippen LogP contribution in [0.25, 0.3) is 11.4 Å². The predicted molar refractivity (Wildman–Crippen MR) is 84.6 cm³/mol. The second kappa shape index (κ2) is 6.21. The summed E-state index contributed by atoms with van der Waals surface area (Å²) in [4.78, 5) is 4.36. The number of ether oxygens (including phenoxy) is 1. The van der Waals surface area contributed by atoms with Gasteiger partial charge < -0.3 is 15.0 Å². The number of aromatic nitrogens is 4. The Hall–Kier alpha value is -2.67. The molecule has 2 aromatic heterocycles. The van der Waals surface area contributed by atoms with E-state index < -0.39 is 0 Å². The third-order valence-electron chi connectivity index (χ3n) is 3.70. The van der Waals surface area contributed by atoms with Gasteiger partial charge in [-0.2, -0.15) is 10.1 Å². The first-order valence-electron chi connectivity index (χ1n) is 7.33. The maximum absolute atomic E-state index is 5.76. The van der Waals surface area contributed by atoms with E-state index in [1.165, 1.54) is 0 Å². The Bertz CT molecular complexity index is 804. The summed E-state index contributed by atoms with van der Waals surface area (Å²) < 4.78 is 12.8. The highest BCUT2D eigenvalue weighted by Gasteiger charge is 2.14. The molecule has 3 aromatic rings. The third kappa shape index (κ3) is 3.09. The molecule has 0 aliphatic rings.